The van der Waals surface area contributed by atoms with Gasteiger partial charge in [-0.05, 0) is 48.4 Å². The molecule has 0 amide bonds. The van der Waals surface area contributed by atoms with Crippen LogP contribution in [0, 0.1) is 11.6 Å². The highest BCUT2D eigenvalue weighted by molar-refractivity contribution is 5.95. The van der Waals surface area contributed by atoms with E-state index in [2.05, 4.69) is 4.98 Å². The van der Waals surface area contributed by atoms with Crippen LogP contribution in [0.25, 0.3) is 22.3 Å². The van der Waals surface area contributed by atoms with E-state index in [4.69, 9.17) is 23.9 Å². The second-order valence-corrected chi connectivity index (χ2v) is 11.1. The summed E-state index contributed by atoms with van der Waals surface area (Å²) in [6, 6.07) is 13.0. The van der Waals surface area contributed by atoms with Crippen molar-refractivity contribution in [3.63, 3.8) is 0 Å². The largest absolute Gasteiger partial charge is 0.489 e. The molecule has 11 nitrogen and oxygen atoms in total. The van der Waals surface area contributed by atoms with Crippen LogP contribution >= 0.6 is 0 Å². The van der Waals surface area contributed by atoms with Crippen LogP contribution in [-0.2, 0) is 36.1 Å². The molecule has 0 aliphatic carbocycles. The molecule has 1 fully saturated rings. The Morgan fingerprint density at radius 3 is 2.62 bits per heavy atom. The molecule has 0 radical (unpaired) electrons. The first-order chi connectivity index (χ1) is 22.7. The van der Waals surface area contributed by atoms with Crippen molar-refractivity contribution in [2.45, 2.75) is 32.1 Å². The van der Waals surface area contributed by atoms with E-state index in [1.54, 1.807) is 42.1 Å². The molecule has 1 atom stereocenters. The molecule has 6 rings (SSSR count). The van der Waals surface area contributed by atoms with E-state index in [9.17, 15) is 14.7 Å². The second-order valence-electron chi connectivity index (χ2n) is 11.1. The number of benzene rings is 2. The number of imidazole rings is 1. The summed E-state index contributed by atoms with van der Waals surface area (Å²) in [6.45, 7) is 1.52. The quantitative estimate of drug-likeness (QED) is 0.180. The van der Waals surface area contributed by atoms with Gasteiger partial charge in [-0.1, -0.05) is 6.07 Å². The lowest BCUT2D eigenvalue weighted by Gasteiger charge is -2.27. The third-order valence-electron chi connectivity index (χ3n) is 7.89. The highest BCUT2D eigenvalue weighted by Crippen LogP contribution is 2.32. The summed E-state index contributed by atoms with van der Waals surface area (Å²) >= 11 is 0. The number of halogens is 2. The molecule has 5 aromatic rings. The van der Waals surface area contributed by atoms with Gasteiger partial charge in [0, 0.05) is 56.6 Å². The van der Waals surface area contributed by atoms with Gasteiger partial charge in [-0.15, -0.1) is 0 Å². The minimum absolute atomic E-state index is 0.00167. The number of aryl methyl sites for hydroxylation is 1. The fourth-order valence-corrected chi connectivity index (χ4v) is 5.31. The molecular formula is C34H32F2N4O7. The molecule has 1 N–H and O–H groups in total. The van der Waals surface area contributed by atoms with Crippen molar-refractivity contribution in [3.8, 4) is 22.9 Å². The van der Waals surface area contributed by atoms with Crippen LogP contribution in [0.5, 0.6) is 11.6 Å². The Morgan fingerprint density at radius 2 is 1.89 bits per heavy atom. The first-order valence-corrected chi connectivity index (χ1v) is 14.9. The van der Waals surface area contributed by atoms with Crippen molar-refractivity contribution in [1.82, 2.24) is 19.1 Å². The Balaban J connectivity index is 1.30. The number of hydrogen-bond acceptors (Lipinski definition) is 8. The standard InChI is InChI=1S/C34H32F2N4O7/c1-39-17-20(6-7-32(39)41)19-47-31-5-3-4-27(37-31)24-16-25(35)21(12-26(24)36)15-30-38-33-28(40(30)18-23-8-9-45-23)13-22(34(42)43)14-29(33)46-11-10-44-2/h3-7,12-14,16-17,23H,8-11,15,18-19H2,1-2H3,(H,42,43)/t23-/m0/s1. The summed E-state index contributed by atoms with van der Waals surface area (Å²) in [5.41, 5.74) is 1.67. The smallest absolute Gasteiger partial charge is 0.335 e. The SMILES string of the molecule is COCCOc1cc(C(=O)O)cc2c1nc(Cc1cc(F)c(-c3cccc(OCc4ccc(=O)n(C)c4)n3)cc1F)n2C[C@@H]1CCO1. The summed E-state index contributed by atoms with van der Waals surface area (Å²) in [5, 5.41) is 9.77. The molecular weight excluding hydrogens is 614 g/mol. The van der Waals surface area contributed by atoms with Crippen LogP contribution in [0.3, 0.4) is 0 Å². The molecule has 244 valence electrons. The van der Waals surface area contributed by atoms with E-state index in [0.717, 1.165) is 24.1 Å². The monoisotopic (exact) mass is 646 g/mol. The third-order valence-corrected chi connectivity index (χ3v) is 7.89. The third kappa shape index (κ3) is 7.00. The zero-order chi connectivity index (χ0) is 33.1. The molecule has 3 aromatic heterocycles. The van der Waals surface area contributed by atoms with Gasteiger partial charge in [0.1, 0.15) is 41.9 Å². The number of carbonyl (C=O) groups is 1. The number of pyridine rings is 2. The van der Waals surface area contributed by atoms with Gasteiger partial charge in [-0.3, -0.25) is 4.79 Å². The Morgan fingerprint density at radius 1 is 1.06 bits per heavy atom. The number of carboxylic acids is 1. The second kappa shape index (κ2) is 13.7. The molecule has 0 spiro atoms. The van der Waals surface area contributed by atoms with E-state index in [-0.39, 0.29) is 71.9 Å². The number of fused-ring (bicyclic) bond motifs is 1. The lowest BCUT2D eigenvalue weighted by atomic mass is 10.0. The van der Waals surface area contributed by atoms with Crippen LogP contribution in [-0.4, -0.2) is 63.2 Å². The van der Waals surface area contributed by atoms with Crippen LogP contribution in [0.15, 0.2) is 65.6 Å². The van der Waals surface area contributed by atoms with Gasteiger partial charge in [-0.25, -0.2) is 23.5 Å². The zero-order valence-corrected chi connectivity index (χ0v) is 25.7. The summed E-state index contributed by atoms with van der Waals surface area (Å²) < 4.78 is 56.8. The number of ether oxygens (including phenoxy) is 4. The summed E-state index contributed by atoms with van der Waals surface area (Å²) in [7, 11) is 3.16. The Labute approximate surface area is 267 Å². The minimum atomic E-state index is -1.14. The maximum absolute atomic E-state index is 15.7. The number of carboxylic acid groups (broad SMARTS) is 1. The Kier molecular flexibility index (Phi) is 9.27. The number of methoxy groups -OCH3 is 1. The molecule has 0 bridgehead atoms. The Hall–Kier alpha value is -5.14. The van der Waals surface area contributed by atoms with Crippen LogP contribution in [0.4, 0.5) is 8.78 Å². The number of aromatic nitrogens is 4. The molecule has 1 aliphatic rings. The maximum atomic E-state index is 15.7. The van der Waals surface area contributed by atoms with E-state index in [1.165, 1.54) is 29.9 Å². The fourth-order valence-electron chi connectivity index (χ4n) is 5.31. The molecule has 0 unspecified atom stereocenters. The highest BCUT2D eigenvalue weighted by Gasteiger charge is 2.25. The van der Waals surface area contributed by atoms with Gasteiger partial charge in [-0.2, -0.15) is 0 Å². The average Bonchev–Trinajstić information content (AvgIpc) is 3.38. The van der Waals surface area contributed by atoms with E-state index in [1.807, 2.05) is 0 Å². The van der Waals surface area contributed by atoms with Crippen LogP contribution in [0.2, 0.25) is 0 Å². The lowest BCUT2D eigenvalue weighted by molar-refractivity contribution is -0.0589. The van der Waals surface area contributed by atoms with Crippen LogP contribution < -0.4 is 15.0 Å². The summed E-state index contributed by atoms with van der Waals surface area (Å²) in [5.74, 6) is -1.65. The van der Waals surface area contributed by atoms with Gasteiger partial charge < -0.3 is 33.2 Å². The van der Waals surface area contributed by atoms with E-state index < -0.39 is 17.6 Å². The molecule has 1 aliphatic heterocycles. The van der Waals surface area contributed by atoms with Gasteiger partial charge in [0.2, 0.25) is 11.4 Å². The molecule has 13 heteroatoms. The van der Waals surface area contributed by atoms with Crippen molar-refractivity contribution in [1.29, 1.82) is 0 Å². The number of rotatable bonds is 13. The first-order valence-electron chi connectivity index (χ1n) is 14.9. The molecule has 4 heterocycles. The van der Waals surface area contributed by atoms with Crippen molar-refractivity contribution in [2.75, 3.05) is 26.9 Å². The van der Waals surface area contributed by atoms with E-state index >= 15 is 8.78 Å². The number of hydrogen-bond donors (Lipinski definition) is 1. The van der Waals surface area contributed by atoms with Gasteiger partial charge in [0.05, 0.1) is 36.0 Å². The number of aromatic carboxylic acids is 1. The molecule has 0 saturated carbocycles. The van der Waals surface area contributed by atoms with E-state index in [0.29, 0.717) is 30.0 Å². The number of nitrogens with zero attached hydrogens (tertiary/aromatic N) is 4. The zero-order valence-electron chi connectivity index (χ0n) is 25.7. The predicted molar refractivity (Wildman–Crippen MR) is 167 cm³/mol. The molecule has 47 heavy (non-hydrogen) atoms. The van der Waals surface area contributed by atoms with Gasteiger partial charge in [0.25, 0.3) is 0 Å². The molecule has 2 aromatic carbocycles. The summed E-state index contributed by atoms with van der Waals surface area (Å²) in [6.07, 6.45) is 2.23. The minimum Gasteiger partial charge on any atom is -0.489 e. The van der Waals surface area contributed by atoms with Gasteiger partial charge >= 0.3 is 5.97 Å². The first kappa shape index (κ1) is 31.8. The summed E-state index contributed by atoms with van der Waals surface area (Å²) in [4.78, 5) is 32.7. The fraction of sp³-hybridized carbons (Fsp3) is 0.294. The normalized spacial score (nSPS) is 14.3. The van der Waals surface area contributed by atoms with Crippen molar-refractivity contribution < 1.29 is 37.6 Å². The maximum Gasteiger partial charge on any atom is 0.335 e. The Bertz CT molecular complexity index is 2010. The highest BCUT2D eigenvalue weighted by atomic mass is 19.1. The van der Waals surface area contributed by atoms with Crippen molar-refractivity contribution >= 4 is 17.0 Å². The van der Waals surface area contributed by atoms with Crippen molar-refractivity contribution in [3.05, 3.63) is 105 Å². The van der Waals surface area contributed by atoms with Crippen molar-refractivity contribution in [2.24, 2.45) is 7.05 Å². The lowest BCUT2D eigenvalue weighted by Crippen LogP contribution is -2.31. The predicted octanol–water partition coefficient (Wildman–Crippen LogP) is 4.76. The van der Waals surface area contributed by atoms with Gasteiger partial charge in [0.15, 0.2) is 0 Å². The van der Waals surface area contributed by atoms with Crippen LogP contribution in [0.1, 0.15) is 33.7 Å². The average molecular weight is 647 g/mol. The topological polar surface area (TPSA) is 127 Å². The molecule has 1 saturated heterocycles.